The number of halogens is 1. The number of aromatic amines is 1. The lowest BCUT2D eigenvalue weighted by molar-refractivity contribution is -0.124. The van der Waals surface area contributed by atoms with Crippen LogP contribution in [0.15, 0.2) is 23.6 Å². The van der Waals surface area contributed by atoms with E-state index in [-0.39, 0.29) is 11.9 Å². The van der Waals surface area contributed by atoms with Crippen LogP contribution < -0.4 is 5.32 Å². The Morgan fingerprint density at radius 1 is 1.63 bits per heavy atom. The molecule has 0 saturated heterocycles. The van der Waals surface area contributed by atoms with Gasteiger partial charge in [-0.05, 0) is 6.92 Å². The maximum absolute atomic E-state index is 11.9. The first kappa shape index (κ1) is 13.9. The summed E-state index contributed by atoms with van der Waals surface area (Å²) >= 11 is 7.28. The highest BCUT2D eigenvalue weighted by molar-refractivity contribution is 7.99. The molecule has 0 saturated carbocycles. The van der Waals surface area contributed by atoms with E-state index in [9.17, 15) is 4.79 Å². The maximum atomic E-state index is 11.9. The number of rotatable bonds is 6. The largest absolute Gasteiger partial charge is 0.353 e. The van der Waals surface area contributed by atoms with E-state index < -0.39 is 0 Å². The molecule has 7 nitrogen and oxygen atoms in total. The third kappa shape index (κ3) is 3.97. The SMILES string of the molecule is CC(C(=O)NCCSc1cn[nH]n1)n1cc(Cl)cn1. The van der Waals surface area contributed by atoms with Gasteiger partial charge in [0.1, 0.15) is 11.1 Å². The van der Waals surface area contributed by atoms with E-state index in [0.29, 0.717) is 11.6 Å². The molecule has 1 atom stereocenters. The van der Waals surface area contributed by atoms with Crippen LogP contribution in [0.5, 0.6) is 0 Å². The van der Waals surface area contributed by atoms with Crippen molar-refractivity contribution in [3.63, 3.8) is 0 Å². The van der Waals surface area contributed by atoms with Crippen molar-refractivity contribution in [1.82, 2.24) is 30.5 Å². The number of nitrogens with one attached hydrogen (secondary N) is 2. The molecular formula is C10H13ClN6OS. The molecule has 2 aromatic heterocycles. The van der Waals surface area contributed by atoms with Crippen LogP contribution >= 0.6 is 23.4 Å². The van der Waals surface area contributed by atoms with Crippen LogP contribution in [0.3, 0.4) is 0 Å². The molecule has 0 aromatic carbocycles. The minimum atomic E-state index is -0.385. The molecule has 2 aromatic rings. The van der Waals surface area contributed by atoms with E-state index in [2.05, 4.69) is 25.8 Å². The summed E-state index contributed by atoms with van der Waals surface area (Å²) < 4.78 is 1.53. The van der Waals surface area contributed by atoms with Crippen molar-refractivity contribution < 1.29 is 4.79 Å². The number of hydrogen-bond acceptors (Lipinski definition) is 5. The fourth-order valence-electron chi connectivity index (χ4n) is 1.38. The highest BCUT2D eigenvalue weighted by atomic mass is 35.5. The Bertz CT molecular complexity index is 528. The summed E-state index contributed by atoms with van der Waals surface area (Å²) in [6.07, 6.45) is 4.77. The lowest BCUT2D eigenvalue weighted by atomic mass is 10.3. The molecule has 0 radical (unpaired) electrons. The number of aromatic nitrogens is 5. The van der Waals surface area contributed by atoms with Gasteiger partial charge in [0.15, 0.2) is 0 Å². The molecule has 2 rings (SSSR count). The van der Waals surface area contributed by atoms with Gasteiger partial charge >= 0.3 is 0 Å². The summed E-state index contributed by atoms with van der Waals surface area (Å²) in [7, 11) is 0. The minimum Gasteiger partial charge on any atom is -0.353 e. The zero-order valence-corrected chi connectivity index (χ0v) is 11.8. The standard InChI is InChI=1S/C10H13ClN6OS/c1-7(17-6-8(11)4-14-17)10(18)12-2-3-19-9-5-13-16-15-9/h4-7H,2-3H2,1H3,(H,12,18)(H,13,15,16). The molecular weight excluding hydrogens is 288 g/mol. The molecule has 0 bridgehead atoms. The van der Waals surface area contributed by atoms with Gasteiger partial charge < -0.3 is 5.32 Å². The van der Waals surface area contributed by atoms with Crippen LogP contribution in [0.2, 0.25) is 5.02 Å². The Balaban J connectivity index is 1.72. The number of carbonyl (C=O) groups excluding carboxylic acids is 1. The zero-order valence-electron chi connectivity index (χ0n) is 10.2. The van der Waals surface area contributed by atoms with Crippen LogP contribution in [0.25, 0.3) is 0 Å². The fraction of sp³-hybridized carbons (Fsp3) is 0.400. The normalized spacial score (nSPS) is 12.3. The minimum absolute atomic E-state index is 0.0967. The number of amides is 1. The van der Waals surface area contributed by atoms with E-state index in [4.69, 9.17) is 11.6 Å². The van der Waals surface area contributed by atoms with Crippen LogP contribution in [0.1, 0.15) is 13.0 Å². The zero-order chi connectivity index (χ0) is 13.7. The Morgan fingerprint density at radius 2 is 2.47 bits per heavy atom. The smallest absolute Gasteiger partial charge is 0.244 e. The van der Waals surface area contributed by atoms with Crippen molar-refractivity contribution >= 4 is 29.3 Å². The molecule has 1 unspecified atom stereocenters. The molecule has 2 heterocycles. The molecule has 2 N–H and O–H groups in total. The van der Waals surface area contributed by atoms with Gasteiger partial charge in [-0.2, -0.15) is 15.4 Å². The van der Waals surface area contributed by atoms with Crippen molar-refractivity contribution in [3.8, 4) is 0 Å². The monoisotopic (exact) mass is 300 g/mol. The van der Waals surface area contributed by atoms with Crippen LogP contribution in [0, 0.1) is 0 Å². The van der Waals surface area contributed by atoms with E-state index in [1.54, 1.807) is 19.3 Å². The predicted octanol–water partition coefficient (Wildman–Crippen LogP) is 1.12. The second-order valence-electron chi connectivity index (χ2n) is 3.76. The molecule has 0 aliphatic carbocycles. The van der Waals surface area contributed by atoms with E-state index in [1.807, 2.05) is 0 Å². The number of nitrogens with zero attached hydrogens (tertiary/aromatic N) is 4. The molecule has 0 fully saturated rings. The molecule has 102 valence electrons. The highest BCUT2D eigenvalue weighted by Gasteiger charge is 2.15. The summed E-state index contributed by atoms with van der Waals surface area (Å²) in [4.78, 5) is 11.9. The van der Waals surface area contributed by atoms with Crippen molar-refractivity contribution in [2.24, 2.45) is 0 Å². The number of H-pyrrole nitrogens is 1. The van der Waals surface area contributed by atoms with Gasteiger partial charge in [0.2, 0.25) is 5.91 Å². The van der Waals surface area contributed by atoms with Crippen LogP contribution in [-0.4, -0.2) is 43.4 Å². The van der Waals surface area contributed by atoms with E-state index >= 15 is 0 Å². The predicted molar refractivity (Wildman–Crippen MR) is 72.1 cm³/mol. The quantitative estimate of drug-likeness (QED) is 0.616. The summed E-state index contributed by atoms with van der Waals surface area (Å²) in [5.41, 5.74) is 0. The highest BCUT2D eigenvalue weighted by Crippen LogP contribution is 2.12. The first-order chi connectivity index (χ1) is 9.16. The summed E-state index contributed by atoms with van der Waals surface area (Å²) in [5, 5.41) is 18.3. The number of hydrogen-bond donors (Lipinski definition) is 2. The fourth-order valence-corrected chi connectivity index (χ4v) is 2.17. The molecule has 0 aliphatic heterocycles. The van der Waals surface area contributed by atoms with Crippen molar-refractivity contribution in [1.29, 1.82) is 0 Å². The third-order valence-corrected chi connectivity index (χ3v) is 3.49. The topological polar surface area (TPSA) is 88.5 Å². The molecule has 1 amide bonds. The van der Waals surface area contributed by atoms with Gasteiger partial charge in [0.25, 0.3) is 0 Å². The first-order valence-corrected chi connectivity index (χ1v) is 6.99. The Morgan fingerprint density at radius 3 is 3.11 bits per heavy atom. The Hall–Kier alpha value is -1.54. The summed E-state index contributed by atoms with van der Waals surface area (Å²) in [5.74, 6) is 0.630. The third-order valence-electron chi connectivity index (χ3n) is 2.39. The second-order valence-corrected chi connectivity index (χ2v) is 5.31. The number of thioether (sulfide) groups is 1. The van der Waals surface area contributed by atoms with Crippen LogP contribution in [-0.2, 0) is 4.79 Å². The van der Waals surface area contributed by atoms with Gasteiger partial charge in [-0.3, -0.25) is 9.48 Å². The summed E-state index contributed by atoms with van der Waals surface area (Å²) in [6.45, 7) is 2.32. The van der Waals surface area contributed by atoms with Crippen molar-refractivity contribution in [2.45, 2.75) is 18.0 Å². The second kappa shape index (κ2) is 6.58. The van der Waals surface area contributed by atoms with Crippen molar-refractivity contribution in [2.75, 3.05) is 12.3 Å². The molecule has 19 heavy (non-hydrogen) atoms. The summed E-state index contributed by atoms with van der Waals surface area (Å²) in [6, 6.07) is -0.385. The van der Waals surface area contributed by atoms with Gasteiger partial charge in [0.05, 0.1) is 17.4 Å². The van der Waals surface area contributed by atoms with Crippen molar-refractivity contribution in [3.05, 3.63) is 23.6 Å². The Kier molecular flexibility index (Phi) is 4.80. The average Bonchev–Trinajstić information content (AvgIpc) is 3.04. The maximum Gasteiger partial charge on any atom is 0.244 e. The molecule has 9 heteroatoms. The molecule has 0 aliphatic rings. The van der Waals surface area contributed by atoms with Gasteiger partial charge in [-0.25, -0.2) is 0 Å². The van der Waals surface area contributed by atoms with Gasteiger partial charge in [0, 0.05) is 18.5 Å². The lowest BCUT2D eigenvalue weighted by Gasteiger charge is -2.12. The first-order valence-electron chi connectivity index (χ1n) is 5.63. The van der Waals surface area contributed by atoms with Gasteiger partial charge in [-0.15, -0.1) is 16.9 Å². The van der Waals surface area contributed by atoms with E-state index in [1.165, 1.54) is 22.6 Å². The molecule has 0 spiro atoms. The Labute approximate surface area is 119 Å². The lowest BCUT2D eigenvalue weighted by Crippen LogP contribution is -2.32. The van der Waals surface area contributed by atoms with Crippen LogP contribution in [0.4, 0.5) is 0 Å². The van der Waals surface area contributed by atoms with E-state index in [0.717, 1.165) is 10.8 Å². The number of carbonyl (C=O) groups is 1. The average molecular weight is 301 g/mol. The van der Waals surface area contributed by atoms with Gasteiger partial charge in [-0.1, -0.05) is 11.6 Å².